The SMILES string of the molecule is Cc1nccn1CC1CCCN1C(=O)C(C)C(C)N. The molecule has 3 atom stereocenters. The largest absolute Gasteiger partial charge is 0.338 e. The van der Waals surface area contributed by atoms with Crippen molar-refractivity contribution >= 4 is 5.91 Å². The molecule has 1 saturated heterocycles. The van der Waals surface area contributed by atoms with Crippen LogP contribution in [0.1, 0.15) is 32.5 Å². The molecule has 0 radical (unpaired) electrons. The molecule has 5 heteroatoms. The van der Waals surface area contributed by atoms with Gasteiger partial charge in [0.05, 0.1) is 5.92 Å². The fraction of sp³-hybridized carbons (Fsp3) is 0.714. The van der Waals surface area contributed by atoms with Crippen molar-refractivity contribution in [1.82, 2.24) is 14.5 Å². The number of carbonyl (C=O) groups excluding carboxylic acids is 1. The highest BCUT2D eigenvalue weighted by molar-refractivity contribution is 5.79. The molecule has 1 amide bonds. The normalized spacial score (nSPS) is 22.5. The molecule has 1 aliphatic rings. The summed E-state index contributed by atoms with van der Waals surface area (Å²) >= 11 is 0. The average Bonchev–Trinajstić information content (AvgIpc) is 2.98. The lowest BCUT2D eigenvalue weighted by Gasteiger charge is -2.29. The number of aromatic nitrogens is 2. The number of carbonyl (C=O) groups is 1. The Morgan fingerprint density at radius 3 is 2.89 bits per heavy atom. The third-order valence-corrected chi connectivity index (χ3v) is 4.17. The maximum absolute atomic E-state index is 12.4. The van der Waals surface area contributed by atoms with E-state index in [4.69, 9.17) is 5.73 Å². The van der Waals surface area contributed by atoms with Crippen LogP contribution in [0.2, 0.25) is 0 Å². The van der Waals surface area contributed by atoms with E-state index >= 15 is 0 Å². The number of imidazole rings is 1. The maximum Gasteiger partial charge on any atom is 0.227 e. The first-order chi connectivity index (χ1) is 9.00. The molecule has 2 rings (SSSR count). The van der Waals surface area contributed by atoms with Crippen LogP contribution < -0.4 is 5.73 Å². The van der Waals surface area contributed by atoms with Crippen molar-refractivity contribution in [1.29, 1.82) is 0 Å². The zero-order chi connectivity index (χ0) is 14.0. The van der Waals surface area contributed by atoms with Gasteiger partial charge in [0, 0.05) is 37.6 Å². The van der Waals surface area contributed by atoms with Gasteiger partial charge in [0.2, 0.25) is 5.91 Å². The molecule has 19 heavy (non-hydrogen) atoms. The molecule has 2 N–H and O–H groups in total. The van der Waals surface area contributed by atoms with Gasteiger partial charge < -0.3 is 15.2 Å². The highest BCUT2D eigenvalue weighted by Gasteiger charge is 2.32. The Labute approximate surface area is 114 Å². The molecule has 3 unspecified atom stereocenters. The number of hydrogen-bond acceptors (Lipinski definition) is 3. The molecule has 106 valence electrons. The van der Waals surface area contributed by atoms with Gasteiger partial charge in [-0.3, -0.25) is 4.79 Å². The first kappa shape index (κ1) is 14.1. The summed E-state index contributed by atoms with van der Waals surface area (Å²) in [5.41, 5.74) is 5.85. The van der Waals surface area contributed by atoms with E-state index in [9.17, 15) is 4.79 Å². The zero-order valence-corrected chi connectivity index (χ0v) is 12.0. The van der Waals surface area contributed by atoms with E-state index in [1.54, 1.807) is 6.20 Å². The van der Waals surface area contributed by atoms with Gasteiger partial charge in [-0.25, -0.2) is 4.98 Å². The number of nitrogens with zero attached hydrogens (tertiary/aromatic N) is 3. The summed E-state index contributed by atoms with van der Waals surface area (Å²) in [7, 11) is 0. The van der Waals surface area contributed by atoms with Gasteiger partial charge in [-0.2, -0.15) is 0 Å². The van der Waals surface area contributed by atoms with E-state index < -0.39 is 0 Å². The van der Waals surface area contributed by atoms with Crippen LogP contribution in [0, 0.1) is 12.8 Å². The molecular formula is C14H24N4O. The standard InChI is InChI=1S/C14H24N4O/c1-10(11(2)15)14(19)18-7-4-5-13(18)9-17-8-6-16-12(17)3/h6,8,10-11,13H,4-5,7,9,15H2,1-3H3. The van der Waals surface area contributed by atoms with Crippen molar-refractivity contribution in [2.45, 2.75) is 52.2 Å². The number of amides is 1. The first-order valence-electron chi connectivity index (χ1n) is 7.04. The molecular weight excluding hydrogens is 240 g/mol. The summed E-state index contributed by atoms with van der Waals surface area (Å²) in [5, 5.41) is 0. The molecule has 2 heterocycles. The minimum atomic E-state index is -0.107. The summed E-state index contributed by atoms with van der Waals surface area (Å²) in [5.74, 6) is 1.08. The van der Waals surface area contributed by atoms with Crippen LogP contribution in [0.3, 0.4) is 0 Å². The van der Waals surface area contributed by atoms with Crippen LogP contribution in [-0.2, 0) is 11.3 Å². The predicted octanol–water partition coefficient (Wildman–Crippen LogP) is 1.17. The zero-order valence-electron chi connectivity index (χ0n) is 12.0. The van der Waals surface area contributed by atoms with Crippen molar-refractivity contribution in [3.05, 3.63) is 18.2 Å². The van der Waals surface area contributed by atoms with Crippen LogP contribution in [-0.4, -0.2) is 39.0 Å². The molecule has 0 saturated carbocycles. The van der Waals surface area contributed by atoms with Crippen molar-refractivity contribution in [2.24, 2.45) is 11.7 Å². The van der Waals surface area contributed by atoms with E-state index in [1.807, 2.05) is 31.9 Å². The van der Waals surface area contributed by atoms with Crippen LogP contribution in [0.5, 0.6) is 0 Å². The summed E-state index contributed by atoms with van der Waals surface area (Å²) in [6.07, 6.45) is 5.93. The highest BCUT2D eigenvalue weighted by Crippen LogP contribution is 2.22. The Morgan fingerprint density at radius 2 is 2.32 bits per heavy atom. The summed E-state index contributed by atoms with van der Waals surface area (Å²) in [6.45, 7) is 7.50. The third kappa shape index (κ3) is 2.97. The van der Waals surface area contributed by atoms with Crippen LogP contribution in [0.25, 0.3) is 0 Å². The van der Waals surface area contributed by atoms with Crippen molar-refractivity contribution in [2.75, 3.05) is 6.54 Å². The van der Waals surface area contributed by atoms with Gasteiger partial charge in [0.25, 0.3) is 0 Å². The van der Waals surface area contributed by atoms with Gasteiger partial charge in [-0.1, -0.05) is 6.92 Å². The van der Waals surface area contributed by atoms with Gasteiger partial charge in [-0.05, 0) is 26.7 Å². The Hall–Kier alpha value is -1.36. The van der Waals surface area contributed by atoms with Gasteiger partial charge in [0.15, 0.2) is 0 Å². The van der Waals surface area contributed by atoms with E-state index in [0.29, 0.717) is 0 Å². The number of hydrogen-bond donors (Lipinski definition) is 1. The molecule has 0 aliphatic carbocycles. The summed E-state index contributed by atoms with van der Waals surface area (Å²) in [4.78, 5) is 18.7. The van der Waals surface area contributed by atoms with Gasteiger partial charge >= 0.3 is 0 Å². The maximum atomic E-state index is 12.4. The van der Waals surface area contributed by atoms with Crippen molar-refractivity contribution in [3.63, 3.8) is 0 Å². The molecule has 5 nitrogen and oxygen atoms in total. The molecule has 0 bridgehead atoms. The Kier molecular flexibility index (Phi) is 4.24. The second-order valence-electron chi connectivity index (χ2n) is 5.60. The van der Waals surface area contributed by atoms with Crippen molar-refractivity contribution in [3.8, 4) is 0 Å². The monoisotopic (exact) mass is 264 g/mol. The molecule has 1 fully saturated rings. The quantitative estimate of drug-likeness (QED) is 0.887. The van der Waals surface area contributed by atoms with Crippen LogP contribution in [0.4, 0.5) is 0 Å². The lowest BCUT2D eigenvalue weighted by molar-refractivity contribution is -0.136. The average molecular weight is 264 g/mol. The topological polar surface area (TPSA) is 64.2 Å². The fourth-order valence-corrected chi connectivity index (χ4v) is 2.63. The molecule has 1 aliphatic heterocycles. The number of likely N-dealkylation sites (tertiary alicyclic amines) is 1. The molecule has 1 aromatic rings. The van der Waals surface area contributed by atoms with Crippen molar-refractivity contribution < 1.29 is 4.79 Å². The predicted molar refractivity (Wildman–Crippen MR) is 74.5 cm³/mol. The molecule has 0 aromatic carbocycles. The lowest BCUT2D eigenvalue weighted by Crippen LogP contribution is -2.45. The van der Waals surface area contributed by atoms with E-state index in [1.165, 1.54) is 0 Å². The minimum absolute atomic E-state index is 0.0938. The minimum Gasteiger partial charge on any atom is -0.338 e. The summed E-state index contributed by atoms with van der Waals surface area (Å²) in [6, 6.07) is 0.185. The van der Waals surface area contributed by atoms with Gasteiger partial charge in [-0.15, -0.1) is 0 Å². The summed E-state index contributed by atoms with van der Waals surface area (Å²) < 4.78 is 2.12. The molecule has 1 aromatic heterocycles. The van der Waals surface area contributed by atoms with E-state index in [2.05, 4.69) is 9.55 Å². The van der Waals surface area contributed by atoms with Crippen LogP contribution in [0.15, 0.2) is 12.4 Å². The number of nitrogens with two attached hydrogens (primary N) is 1. The van der Waals surface area contributed by atoms with Gasteiger partial charge in [0.1, 0.15) is 5.82 Å². The third-order valence-electron chi connectivity index (χ3n) is 4.17. The second kappa shape index (κ2) is 5.74. The van der Waals surface area contributed by atoms with E-state index in [0.717, 1.165) is 31.8 Å². The smallest absolute Gasteiger partial charge is 0.227 e. The Bertz CT molecular complexity index is 440. The lowest BCUT2D eigenvalue weighted by atomic mass is 10.0. The first-order valence-corrected chi connectivity index (χ1v) is 7.04. The molecule has 0 spiro atoms. The Balaban J connectivity index is 2.05. The second-order valence-corrected chi connectivity index (χ2v) is 5.60. The number of rotatable bonds is 4. The number of aryl methyl sites for hydroxylation is 1. The fourth-order valence-electron chi connectivity index (χ4n) is 2.63. The highest BCUT2D eigenvalue weighted by atomic mass is 16.2. The van der Waals surface area contributed by atoms with Crippen LogP contribution >= 0.6 is 0 Å². The van der Waals surface area contributed by atoms with E-state index in [-0.39, 0.29) is 23.9 Å². The Morgan fingerprint density at radius 1 is 1.58 bits per heavy atom.